The number of hydrogen-bond acceptors (Lipinski definition) is 5. The Balaban J connectivity index is 2.16. The topological polar surface area (TPSA) is 80.0 Å². The van der Waals surface area contributed by atoms with E-state index in [0.717, 1.165) is 24.6 Å². The third-order valence-electron chi connectivity index (χ3n) is 3.08. The summed E-state index contributed by atoms with van der Waals surface area (Å²) in [6.45, 7) is 4.56. The summed E-state index contributed by atoms with van der Waals surface area (Å²) < 4.78 is 7.00. The molecular formula is C12H14N4O3. The molecule has 0 saturated carbocycles. The van der Waals surface area contributed by atoms with E-state index in [2.05, 4.69) is 15.0 Å². The number of anilines is 1. The first kappa shape index (κ1) is 11.9. The van der Waals surface area contributed by atoms with Crippen LogP contribution in [-0.4, -0.2) is 52.0 Å². The Kier molecular flexibility index (Phi) is 2.83. The van der Waals surface area contributed by atoms with Crippen molar-refractivity contribution in [2.45, 2.75) is 6.92 Å². The Morgan fingerprint density at radius 1 is 1.37 bits per heavy atom. The average molecular weight is 262 g/mol. The maximum absolute atomic E-state index is 11.2. The van der Waals surface area contributed by atoms with E-state index in [1.807, 2.05) is 6.92 Å². The van der Waals surface area contributed by atoms with Crippen molar-refractivity contribution in [3.8, 4) is 0 Å². The highest BCUT2D eigenvalue weighted by atomic mass is 16.5. The minimum absolute atomic E-state index is 0.0360. The summed E-state index contributed by atoms with van der Waals surface area (Å²) in [7, 11) is 0. The van der Waals surface area contributed by atoms with E-state index in [1.54, 1.807) is 16.6 Å². The van der Waals surface area contributed by atoms with Crippen molar-refractivity contribution >= 4 is 17.4 Å². The number of carboxylic acid groups (broad SMARTS) is 1. The van der Waals surface area contributed by atoms with Crippen molar-refractivity contribution in [3.63, 3.8) is 0 Å². The summed E-state index contributed by atoms with van der Waals surface area (Å²) in [5.41, 5.74) is 1.40. The number of ether oxygens (including phenoxy) is 1. The smallest absolute Gasteiger partial charge is 0.354 e. The second kappa shape index (κ2) is 4.51. The molecule has 0 aromatic carbocycles. The molecule has 3 heterocycles. The maximum Gasteiger partial charge on any atom is 0.354 e. The van der Waals surface area contributed by atoms with Gasteiger partial charge >= 0.3 is 5.97 Å². The summed E-state index contributed by atoms with van der Waals surface area (Å²) in [5.74, 6) is -0.283. The summed E-state index contributed by atoms with van der Waals surface area (Å²) in [4.78, 5) is 17.3. The van der Waals surface area contributed by atoms with Crippen LogP contribution < -0.4 is 4.90 Å². The van der Waals surface area contributed by atoms with Crippen molar-refractivity contribution in [2.75, 3.05) is 31.2 Å². The molecule has 0 atom stereocenters. The monoisotopic (exact) mass is 262 g/mol. The SMILES string of the molecule is Cc1cc2nc(C(=O)O)cc(N3CCOCC3)n2n1. The number of aromatic nitrogens is 3. The van der Waals surface area contributed by atoms with Gasteiger partial charge in [-0.25, -0.2) is 9.78 Å². The molecule has 1 saturated heterocycles. The first-order valence-electron chi connectivity index (χ1n) is 6.08. The minimum atomic E-state index is -1.03. The first-order valence-corrected chi connectivity index (χ1v) is 6.08. The summed E-state index contributed by atoms with van der Waals surface area (Å²) in [6.07, 6.45) is 0. The van der Waals surface area contributed by atoms with Gasteiger partial charge in [-0.2, -0.15) is 9.61 Å². The summed E-state index contributed by atoms with van der Waals surface area (Å²) >= 11 is 0. The van der Waals surface area contributed by atoms with E-state index >= 15 is 0 Å². The van der Waals surface area contributed by atoms with Gasteiger partial charge in [0.15, 0.2) is 11.3 Å². The van der Waals surface area contributed by atoms with Crippen LogP contribution in [0.2, 0.25) is 0 Å². The molecule has 1 aliphatic heterocycles. The molecule has 7 heteroatoms. The molecule has 100 valence electrons. The zero-order chi connectivity index (χ0) is 13.4. The molecule has 0 radical (unpaired) electrons. The molecule has 0 amide bonds. The molecule has 1 N–H and O–H groups in total. The average Bonchev–Trinajstić information content (AvgIpc) is 2.78. The standard InChI is InChI=1S/C12H14N4O3/c1-8-6-10-13-9(12(17)18)7-11(16(10)14-8)15-2-4-19-5-3-15/h6-7H,2-5H2,1H3,(H,17,18). The lowest BCUT2D eigenvalue weighted by Gasteiger charge is -2.28. The van der Waals surface area contributed by atoms with E-state index < -0.39 is 5.97 Å². The Morgan fingerprint density at radius 2 is 2.11 bits per heavy atom. The number of morpholine rings is 1. The maximum atomic E-state index is 11.2. The van der Waals surface area contributed by atoms with Crippen LogP contribution in [0, 0.1) is 6.92 Å². The fourth-order valence-corrected chi connectivity index (χ4v) is 2.20. The number of aromatic carboxylic acids is 1. The fraction of sp³-hybridized carbons (Fsp3) is 0.417. The van der Waals surface area contributed by atoms with Crippen molar-refractivity contribution in [2.24, 2.45) is 0 Å². The summed E-state index contributed by atoms with van der Waals surface area (Å²) in [5, 5.41) is 13.5. The van der Waals surface area contributed by atoms with Crippen LogP contribution in [0.1, 0.15) is 16.2 Å². The number of aryl methyl sites for hydroxylation is 1. The van der Waals surface area contributed by atoms with Gasteiger partial charge in [-0.05, 0) is 6.92 Å². The lowest BCUT2D eigenvalue weighted by atomic mass is 10.3. The first-order chi connectivity index (χ1) is 9.15. The third kappa shape index (κ3) is 2.12. The van der Waals surface area contributed by atoms with Crippen LogP contribution in [0.15, 0.2) is 12.1 Å². The van der Waals surface area contributed by atoms with Crippen LogP contribution >= 0.6 is 0 Å². The van der Waals surface area contributed by atoms with Gasteiger partial charge in [-0.3, -0.25) is 0 Å². The summed E-state index contributed by atoms with van der Waals surface area (Å²) in [6, 6.07) is 3.34. The molecule has 2 aromatic rings. The number of rotatable bonds is 2. The highest BCUT2D eigenvalue weighted by Gasteiger charge is 2.19. The predicted molar refractivity (Wildman–Crippen MR) is 67.7 cm³/mol. The molecule has 1 aliphatic rings. The molecule has 19 heavy (non-hydrogen) atoms. The lowest BCUT2D eigenvalue weighted by Crippen LogP contribution is -2.37. The Hall–Kier alpha value is -2.15. The van der Waals surface area contributed by atoms with Crippen LogP contribution in [0.4, 0.5) is 5.82 Å². The molecule has 7 nitrogen and oxygen atoms in total. The van der Waals surface area contributed by atoms with Crippen molar-refractivity contribution in [1.82, 2.24) is 14.6 Å². The molecule has 1 fully saturated rings. The van der Waals surface area contributed by atoms with Crippen LogP contribution in [0.3, 0.4) is 0 Å². The number of carboxylic acids is 1. The Morgan fingerprint density at radius 3 is 2.79 bits per heavy atom. The van der Waals surface area contributed by atoms with Gasteiger partial charge in [-0.1, -0.05) is 0 Å². The Labute approximate surface area is 109 Å². The largest absolute Gasteiger partial charge is 0.477 e. The number of fused-ring (bicyclic) bond motifs is 1. The highest BCUT2D eigenvalue weighted by Crippen LogP contribution is 2.19. The third-order valence-corrected chi connectivity index (χ3v) is 3.08. The molecule has 3 rings (SSSR count). The predicted octanol–water partition coefficient (Wildman–Crippen LogP) is 0.573. The lowest BCUT2D eigenvalue weighted by molar-refractivity contribution is 0.0690. The van der Waals surface area contributed by atoms with Gasteiger partial charge < -0.3 is 14.7 Å². The van der Waals surface area contributed by atoms with E-state index in [0.29, 0.717) is 18.9 Å². The normalized spacial score (nSPS) is 15.9. The minimum Gasteiger partial charge on any atom is -0.477 e. The molecule has 0 spiro atoms. The van der Waals surface area contributed by atoms with Gasteiger partial charge in [-0.15, -0.1) is 0 Å². The zero-order valence-electron chi connectivity index (χ0n) is 10.5. The highest BCUT2D eigenvalue weighted by molar-refractivity contribution is 5.87. The van der Waals surface area contributed by atoms with Gasteiger partial charge in [0.25, 0.3) is 0 Å². The molecule has 2 aromatic heterocycles. The van der Waals surface area contributed by atoms with E-state index in [9.17, 15) is 4.79 Å². The van der Waals surface area contributed by atoms with E-state index in [-0.39, 0.29) is 5.69 Å². The number of nitrogens with zero attached hydrogens (tertiary/aromatic N) is 4. The van der Waals surface area contributed by atoms with Crippen molar-refractivity contribution < 1.29 is 14.6 Å². The molecule has 0 bridgehead atoms. The van der Waals surface area contributed by atoms with Gasteiger partial charge in [0.2, 0.25) is 0 Å². The van der Waals surface area contributed by atoms with Crippen molar-refractivity contribution in [1.29, 1.82) is 0 Å². The second-order valence-electron chi connectivity index (χ2n) is 4.46. The van der Waals surface area contributed by atoms with E-state index in [4.69, 9.17) is 9.84 Å². The van der Waals surface area contributed by atoms with Gasteiger partial charge in [0.05, 0.1) is 18.9 Å². The van der Waals surface area contributed by atoms with Crippen molar-refractivity contribution in [3.05, 3.63) is 23.5 Å². The Bertz CT molecular complexity index is 631. The quantitative estimate of drug-likeness (QED) is 0.852. The molecule has 0 aliphatic carbocycles. The molecule has 0 unspecified atom stereocenters. The number of carbonyl (C=O) groups is 1. The second-order valence-corrected chi connectivity index (χ2v) is 4.46. The van der Waals surface area contributed by atoms with E-state index in [1.165, 1.54) is 0 Å². The van der Waals surface area contributed by atoms with Crippen LogP contribution in [-0.2, 0) is 4.74 Å². The van der Waals surface area contributed by atoms with Gasteiger partial charge in [0.1, 0.15) is 5.82 Å². The van der Waals surface area contributed by atoms with Gasteiger partial charge in [0, 0.05) is 25.2 Å². The zero-order valence-corrected chi connectivity index (χ0v) is 10.5. The number of hydrogen-bond donors (Lipinski definition) is 1. The molecular weight excluding hydrogens is 248 g/mol. The van der Waals surface area contributed by atoms with Crippen LogP contribution in [0.5, 0.6) is 0 Å². The fourth-order valence-electron chi connectivity index (χ4n) is 2.20. The van der Waals surface area contributed by atoms with Crippen LogP contribution in [0.25, 0.3) is 5.65 Å².